The maximum absolute atomic E-state index is 13.2. The zero-order chi connectivity index (χ0) is 21.0. The smallest absolute Gasteiger partial charge is 0.223 e. The summed E-state index contributed by atoms with van der Waals surface area (Å²) in [5.74, 6) is 0.312. The molecule has 6 nitrogen and oxygen atoms in total. The van der Waals surface area contributed by atoms with Gasteiger partial charge in [0.1, 0.15) is 0 Å². The van der Waals surface area contributed by atoms with E-state index < -0.39 is 15.9 Å². The molecule has 0 radical (unpaired) electrons. The third kappa shape index (κ3) is 5.08. The molecule has 0 saturated carbocycles. The average molecular weight is 426 g/mol. The number of carbonyl (C=O) groups excluding carboxylic acids is 1. The number of piperidine rings is 1. The van der Waals surface area contributed by atoms with Crippen LogP contribution in [0.25, 0.3) is 0 Å². The number of anilines is 1. The third-order valence-electron chi connectivity index (χ3n) is 5.93. The van der Waals surface area contributed by atoms with Gasteiger partial charge in [0.05, 0.1) is 11.8 Å². The van der Waals surface area contributed by atoms with Crippen molar-refractivity contribution < 1.29 is 13.2 Å². The van der Waals surface area contributed by atoms with Gasteiger partial charge in [-0.05, 0) is 54.7 Å². The number of para-hydroxylation sites is 1. The highest BCUT2D eigenvalue weighted by Gasteiger charge is 2.32. The Hall–Kier alpha value is -2.67. The van der Waals surface area contributed by atoms with Gasteiger partial charge in [0.15, 0.2) is 9.84 Å². The van der Waals surface area contributed by atoms with Gasteiger partial charge in [-0.1, -0.05) is 18.2 Å². The van der Waals surface area contributed by atoms with Crippen LogP contribution in [0.5, 0.6) is 0 Å². The fourth-order valence-electron chi connectivity index (χ4n) is 4.23. The Labute approximate surface area is 178 Å². The molecule has 1 atom stereocenters. The molecule has 0 bridgehead atoms. The number of hydrogen-bond acceptors (Lipinski definition) is 5. The van der Waals surface area contributed by atoms with E-state index in [0.717, 1.165) is 31.5 Å². The zero-order valence-electron chi connectivity index (χ0n) is 16.9. The van der Waals surface area contributed by atoms with Gasteiger partial charge >= 0.3 is 0 Å². The molecule has 1 amide bonds. The first-order chi connectivity index (χ1) is 14.5. The van der Waals surface area contributed by atoms with Crippen LogP contribution in [-0.4, -0.2) is 49.1 Å². The van der Waals surface area contributed by atoms with E-state index in [2.05, 4.69) is 22.0 Å². The molecule has 0 aliphatic carbocycles. The summed E-state index contributed by atoms with van der Waals surface area (Å²) in [5, 5.41) is 1.24. The Balaban J connectivity index is 1.40. The summed E-state index contributed by atoms with van der Waals surface area (Å²) in [4.78, 5) is 21.3. The number of aromatic nitrogens is 1. The first-order valence-electron chi connectivity index (χ1n) is 10.4. The van der Waals surface area contributed by atoms with Crippen molar-refractivity contribution in [2.45, 2.75) is 31.8 Å². The van der Waals surface area contributed by atoms with Gasteiger partial charge in [-0.15, -0.1) is 0 Å². The van der Waals surface area contributed by atoms with Gasteiger partial charge in [-0.25, -0.2) is 8.42 Å². The van der Waals surface area contributed by atoms with E-state index in [1.54, 1.807) is 23.4 Å². The van der Waals surface area contributed by atoms with Crippen molar-refractivity contribution in [1.82, 2.24) is 9.88 Å². The van der Waals surface area contributed by atoms with Crippen molar-refractivity contribution in [2.24, 2.45) is 5.92 Å². The molecule has 30 heavy (non-hydrogen) atoms. The lowest BCUT2D eigenvalue weighted by molar-refractivity contribution is -0.134. The molecule has 2 aliphatic heterocycles. The number of benzene rings is 1. The number of amides is 1. The molecular weight excluding hydrogens is 398 g/mol. The Kier molecular flexibility index (Phi) is 6.18. The summed E-state index contributed by atoms with van der Waals surface area (Å²) in [6.45, 7) is 2.27. The van der Waals surface area contributed by atoms with Crippen LogP contribution in [0.15, 0.2) is 66.3 Å². The topological polar surface area (TPSA) is 70.6 Å². The van der Waals surface area contributed by atoms with E-state index in [4.69, 9.17) is 0 Å². The van der Waals surface area contributed by atoms with Crippen molar-refractivity contribution in [3.63, 3.8) is 0 Å². The van der Waals surface area contributed by atoms with Crippen LogP contribution in [0.4, 0.5) is 5.69 Å². The van der Waals surface area contributed by atoms with Crippen molar-refractivity contribution in [2.75, 3.05) is 23.7 Å². The Morgan fingerprint density at radius 2 is 1.77 bits per heavy atom. The zero-order valence-corrected chi connectivity index (χ0v) is 17.7. The second kappa shape index (κ2) is 9.00. The van der Waals surface area contributed by atoms with Gasteiger partial charge < -0.3 is 9.80 Å². The molecule has 1 aromatic heterocycles. The molecule has 2 aromatic rings. The highest BCUT2D eigenvalue weighted by atomic mass is 32.2. The van der Waals surface area contributed by atoms with Gasteiger partial charge in [0, 0.05) is 49.5 Å². The molecular formula is C23H27N3O3S. The van der Waals surface area contributed by atoms with Gasteiger partial charge in [0.25, 0.3) is 0 Å². The second-order valence-corrected chi connectivity index (χ2v) is 10.0. The van der Waals surface area contributed by atoms with Crippen LogP contribution >= 0.6 is 0 Å². The molecule has 1 fully saturated rings. The molecule has 1 saturated heterocycles. The summed E-state index contributed by atoms with van der Waals surface area (Å²) in [7, 11) is -3.23. The van der Waals surface area contributed by atoms with E-state index >= 15 is 0 Å². The lowest BCUT2D eigenvalue weighted by Crippen LogP contribution is -2.42. The number of rotatable bonds is 6. The van der Waals surface area contributed by atoms with Crippen LogP contribution in [0, 0.1) is 5.92 Å². The maximum Gasteiger partial charge on any atom is 0.223 e. The number of nitrogens with zero attached hydrogens (tertiary/aromatic N) is 3. The first-order valence-corrected chi connectivity index (χ1v) is 12.1. The predicted octanol–water partition coefficient (Wildman–Crippen LogP) is 3.03. The summed E-state index contributed by atoms with van der Waals surface area (Å²) in [6, 6.07) is 13.7. The van der Waals surface area contributed by atoms with Crippen LogP contribution in [0.1, 0.15) is 24.8 Å². The minimum Gasteiger partial charge on any atom is -0.372 e. The number of pyridine rings is 1. The standard InChI is InChI=1S/C23H27N3O3S/c27-23(16-19-8-13-25(14-9-19)21-4-2-1-3-5-21)26(17-20-6-11-24-12-7-20)22-10-15-30(28,29)18-22/h1-7,10-12,15,19,22H,8-9,13-14,16-18H2. The monoisotopic (exact) mass is 425 g/mol. The van der Waals surface area contributed by atoms with Gasteiger partial charge in [-0.3, -0.25) is 9.78 Å². The molecule has 0 N–H and O–H groups in total. The van der Waals surface area contributed by atoms with E-state index in [9.17, 15) is 13.2 Å². The Morgan fingerprint density at radius 3 is 2.40 bits per heavy atom. The molecule has 0 spiro atoms. The van der Waals surface area contributed by atoms with Gasteiger partial charge in [-0.2, -0.15) is 0 Å². The minimum absolute atomic E-state index is 0.0247. The second-order valence-electron chi connectivity index (χ2n) is 8.07. The van der Waals surface area contributed by atoms with Crippen molar-refractivity contribution in [3.05, 3.63) is 71.9 Å². The van der Waals surface area contributed by atoms with Gasteiger partial charge in [0.2, 0.25) is 5.91 Å². The largest absolute Gasteiger partial charge is 0.372 e. The third-order valence-corrected chi connectivity index (χ3v) is 7.31. The number of carbonyl (C=O) groups is 1. The summed E-state index contributed by atoms with van der Waals surface area (Å²) < 4.78 is 23.9. The normalized spacial score (nSPS) is 20.9. The summed E-state index contributed by atoms with van der Waals surface area (Å²) in [6.07, 6.45) is 7.41. The Morgan fingerprint density at radius 1 is 1.07 bits per heavy atom. The summed E-state index contributed by atoms with van der Waals surface area (Å²) in [5.41, 5.74) is 2.18. The molecule has 1 unspecified atom stereocenters. The lowest BCUT2D eigenvalue weighted by atomic mass is 9.92. The number of hydrogen-bond donors (Lipinski definition) is 0. The van der Waals surface area contributed by atoms with E-state index in [-0.39, 0.29) is 11.7 Å². The van der Waals surface area contributed by atoms with E-state index in [0.29, 0.717) is 18.9 Å². The maximum atomic E-state index is 13.2. The molecule has 7 heteroatoms. The molecule has 158 valence electrons. The molecule has 4 rings (SSSR count). The first kappa shape index (κ1) is 20.6. The molecule has 2 aliphatic rings. The highest BCUT2D eigenvalue weighted by molar-refractivity contribution is 7.94. The SMILES string of the molecule is O=C(CC1CCN(c2ccccc2)CC1)N(Cc1ccncc1)C1C=CS(=O)(=O)C1. The fraction of sp³-hybridized carbons (Fsp3) is 0.391. The van der Waals surface area contributed by atoms with Crippen LogP contribution in [-0.2, 0) is 21.2 Å². The van der Waals surface area contributed by atoms with Crippen molar-refractivity contribution >= 4 is 21.4 Å². The fourth-order valence-corrected chi connectivity index (χ4v) is 5.53. The van der Waals surface area contributed by atoms with Crippen LogP contribution in [0.3, 0.4) is 0 Å². The summed E-state index contributed by atoms with van der Waals surface area (Å²) >= 11 is 0. The Bertz CT molecular complexity index is 985. The number of sulfone groups is 1. The van der Waals surface area contributed by atoms with Crippen molar-refractivity contribution in [1.29, 1.82) is 0 Å². The molecule has 3 heterocycles. The van der Waals surface area contributed by atoms with E-state index in [1.807, 2.05) is 30.3 Å². The quantitative estimate of drug-likeness (QED) is 0.712. The predicted molar refractivity (Wildman–Crippen MR) is 117 cm³/mol. The lowest BCUT2D eigenvalue weighted by Gasteiger charge is -2.35. The average Bonchev–Trinajstić information content (AvgIpc) is 3.13. The van der Waals surface area contributed by atoms with Crippen LogP contribution < -0.4 is 4.90 Å². The van der Waals surface area contributed by atoms with Crippen LogP contribution in [0.2, 0.25) is 0 Å². The highest BCUT2D eigenvalue weighted by Crippen LogP contribution is 2.27. The van der Waals surface area contributed by atoms with E-state index in [1.165, 1.54) is 11.1 Å². The van der Waals surface area contributed by atoms with Crippen molar-refractivity contribution in [3.8, 4) is 0 Å². The minimum atomic E-state index is -3.23. The molecule has 1 aromatic carbocycles.